The number of carboxylic acid groups (broad SMARTS) is 1. The van der Waals surface area contributed by atoms with E-state index in [9.17, 15) is 13.2 Å². The second-order valence-corrected chi connectivity index (χ2v) is 8.46. The number of alkyl halides is 3. The number of nitrogens with one attached hydrogen (secondary N) is 1. The van der Waals surface area contributed by atoms with Gasteiger partial charge in [-0.25, -0.2) is 18.6 Å². The number of aliphatic carboxylic acids is 1. The van der Waals surface area contributed by atoms with E-state index in [2.05, 4.69) is 10.1 Å². The molecule has 0 spiro atoms. The SMILES string of the molecule is CCc1cccc(N(Cc2nc(-c3ccccc3)nn2C)c2c(F)cc(C(=N)N)cc2F)c1.O=C(O)C(F)(F)F. The molecule has 0 bridgehead atoms. The fraction of sp³-hybridized carbons (Fsp3) is 0.185. The molecular weight excluding hydrogens is 535 g/mol. The Kier molecular flexibility index (Phi) is 9.19. The number of rotatable bonds is 7. The summed E-state index contributed by atoms with van der Waals surface area (Å²) in [5.74, 6) is -3.72. The van der Waals surface area contributed by atoms with Crippen molar-refractivity contribution >= 4 is 23.2 Å². The zero-order chi connectivity index (χ0) is 29.6. The predicted octanol–water partition coefficient (Wildman–Crippen LogP) is 5.58. The molecule has 0 aliphatic carbocycles. The Morgan fingerprint density at radius 1 is 1.05 bits per heavy atom. The molecule has 0 atom stereocenters. The number of amidine groups is 1. The van der Waals surface area contributed by atoms with Crippen molar-refractivity contribution in [2.75, 3.05) is 4.90 Å². The lowest BCUT2D eigenvalue weighted by Gasteiger charge is -2.26. The van der Waals surface area contributed by atoms with Crippen molar-refractivity contribution in [3.8, 4) is 11.4 Å². The molecule has 13 heteroatoms. The summed E-state index contributed by atoms with van der Waals surface area (Å²) in [5, 5.41) is 19.1. The summed E-state index contributed by atoms with van der Waals surface area (Å²) < 4.78 is 63.7. The van der Waals surface area contributed by atoms with Gasteiger partial charge in [0.2, 0.25) is 0 Å². The van der Waals surface area contributed by atoms with Crippen molar-refractivity contribution in [3.05, 3.63) is 95.3 Å². The van der Waals surface area contributed by atoms with Crippen LogP contribution in [0.1, 0.15) is 23.9 Å². The summed E-state index contributed by atoms with van der Waals surface area (Å²) in [6.07, 6.45) is -4.31. The third-order valence-corrected chi connectivity index (χ3v) is 5.66. The summed E-state index contributed by atoms with van der Waals surface area (Å²) >= 11 is 0. The number of aromatic nitrogens is 3. The van der Waals surface area contributed by atoms with Crippen LogP contribution in [0.3, 0.4) is 0 Å². The number of hydrogen-bond donors (Lipinski definition) is 3. The topological polar surface area (TPSA) is 121 Å². The van der Waals surface area contributed by atoms with Crippen LogP contribution in [0.2, 0.25) is 0 Å². The second-order valence-electron chi connectivity index (χ2n) is 8.46. The molecular formula is C27H25F5N6O2. The minimum atomic E-state index is -5.08. The molecule has 4 rings (SSSR count). The first-order chi connectivity index (χ1) is 18.8. The zero-order valence-electron chi connectivity index (χ0n) is 21.4. The average molecular weight is 561 g/mol. The Hall–Kier alpha value is -4.81. The Labute approximate surface area is 226 Å². The summed E-state index contributed by atoms with van der Waals surface area (Å²) in [5.41, 5.74) is 7.69. The van der Waals surface area contributed by atoms with Crippen LogP contribution in [0.4, 0.5) is 33.3 Å². The number of nitrogens with two attached hydrogens (primary N) is 1. The molecule has 0 saturated carbocycles. The number of carboxylic acids is 1. The maximum absolute atomic E-state index is 15.2. The van der Waals surface area contributed by atoms with Crippen LogP contribution in [0.15, 0.2) is 66.7 Å². The molecule has 210 valence electrons. The van der Waals surface area contributed by atoms with E-state index in [0.29, 0.717) is 17.3 Å². The van der Waals surface area contributed by atoms with E-state index in [1.165, 1.54) is 4.90 Å². The maximum Gasteiger partial charge on any atom is 0.490 e. The van der Waals surface area contributed by atoms with Crippen molar-refractivity contribution in [3.63, 3.8) is 0 Å². The number of aryl methyl sites for hydroxylation is 2. The van der Waals surface area contributed by atoms with Crippen LogP contribution in [0.5, 0.6) is 0 Å². The van der Waals surface area contributed by atoms with Crippen molar-refractivity contribution < 1.29 is 31.9 Å². The number of anilines is 2. The van der Waals surface area contributed by atoms with Gasteiger partial charge in [0.05, 0.1) is 6.54 Å². The number of benzene rings is 3. The Morgan fingerprint density at radius 2 is 1.65 bits per heavy atom. The van der Waals surface area contributed by atoms with Crippen LogP contribution in [-0.4, -0.2) is 37.9 Å². The highest BCUT2D eigenvalue weighted by Gasteiger charge is 2.38. The van der Waals surface area contributed by atoms with Gasteiger partial charge in [0.1, 0.15) is 17.3 Å². The van der Waals surface area contributed by atoms with Gasteiger partial charge < -0.3 is 15.7 Å². The molecule has 3 aromatic carbocycles. The fourth-order valence-corrected chi connectivity index (χ4v) is 3.63. The van der Waals surface area contributed by atoms with Gasteiger partial charge in [0, 0.05) is 23.9 Å². The molecule has 0 aliphatic heterocycles. The van der Waals surface area contributed by atoms with Gasteiger partial charge in [0.15, 0.2) is 17.5 Å². The highest BCUT2D eigenvalue weighted by atomic mass is 19.4. The van der Waals surface area contributed by atoms with Gasteiger partial charge in [-0.3, -0.25) is 10.1 Å². The molecule has 0 unspecified atom stereocenters. The lowest BCUT2D eigenvalue weighted by Crippen LogP contribution is -2.22. The smallest absolute Gasteiger partial charge is 0.475 e. The molecule has 8 nitrogen and oxygen atoms in total. The van der Waals surface area contributed by atoms with Crippen LogP contribution < -0.4 is 10.6 Å². The Balaban J connectivity index is 0.000000559. The fourth-order valence-electron chi connectivity index (χ4n) is 3.63. The lowest BCUT2D eigenvalue weighted by molar-refractivity contribution is -0.192. The first kappa shape index (κ1) is 29.7. The number of carbonyl (C=O) groups is 1. The Bertz CT molecular complexity index is 1480. The van der Waals surface area contributed by atoms with Crippen molar-refractivity contribution in [2.45, 2.75) is 26.1 Å². The quantitative estimate of drug-likeness (QED) is 0.154. The van der Waals surface area contributed by atoms with E-state index in [0.717, 1.165) is 29.7 Å². The number of nitrogens with zero attached hydrogens (tertiary/aromatic N) is 4. The average Bonchev–Trinajstić information content (AvgIpc) is 3.28. The monoisotopic (exact) mass is 560 g/mol. The third-order valence-electron chi connectivity index (χ3n) is 5.66. The lowest BCUT2D eigenvalue weighted by atomic mass is 10.1. The molecule has 4 aromatic rings. The van der Waals surface area contributed by atoms with Crippen molar-refractivity contribution in [2.24, 2.45) is 12.8 Å². The molecule has 0 radical (unpaired) electrons. The van der Waals surface area contributed by atoms with Gasteiger partial charge >= 0.3 is 12.1 Å². The first-order valence-corrected chi connectivity index (χ1v) is 11.8. The van der Waals surface area contributed by atoms with E-state index in [4.69, 9.17) is 21.0 Å². The summed E-state index contributed by atoms with van der Waals surface area (Å²) in [7, 11) is 1.75. The highest BCUT2D eigenvalue weighted by molar-refractivity contribution is 5.95. The third kappa shape index (κ3) is 7.18. The van der Waals surface area contributed by atoms with Gasteiger partial charge in [-0.15, -0.1) is 0 Å². The van der Waals surface area contributed by atoms with E-state index in [1.807, 2.05) is 55.5 Å². The molecule has 40 heavy (non-hydrogen) atoms. The Morgan fingerprint density at radius 3 is 2.17 bits per heavy atom. The second kappa shape index (κ2) is 12.4. The molecule has 0 amide bonds. The molecule has 4 N–H and O–H groups in total. The number of halogens is 5. The largest absolute Gasteiger partial charge is 0.490 e. The van der Waals surface area contributed by atoms with E-state index in [-0.39, 0.29) is 17.8 Å². The normalized spacial score (nSPS) is 11.0. The van der Waals surface area contributed by atoms with Gasteiger partial charge in [-0.1, -0.05) is 49.4 Å². The zero-order valence-corrected chi connectivity index (χ0v) is 21.4. The van der Waals surface area contributed by atoms with Crippen LogP contribution >= 0.6 is 0 Å². The summed E-state index contributed by atoms with van der Waals surface area (Å²) in [6.45, 7) is 2.10. The molecule has 0 aliphatic rings. The van der Waals surface area contributed by atoms with E-state index < -0.39 is 29.6 Å². The number of nitrogen functional groups attached to an aromatic ring is 1. The molecule has 0 fully saturated rings. The van der Waals surface area contributed by atoms with Gasteiger partial charge in [-0.2, -0.15) is 18.3 Å². The van der Waals surface area contributed by atoms with E-state index in [1.54, 1.807) is 17.8 Å². The van der Waals surface area contributed by atoms with E-state index >= 15 is 8.78 Å². The van der Waals surface area contributed by atoms with Gasteiger partial charge in [0.25, 0.3) is 0 Å². The van der Waals surface area contributed by atoms with Crippen molar-refractivity contribution in [1.82, 2.24) is 14.8 Å². The van der Waals surface area contributed by atoms with Gasteiger partial charge in [-0.05, 0) is 36.2 Å². The van der Waals surface area contributed by atoms with Crippen LogP contribution in [0.25, 0.3) is 11.4 Å². The minimum Gasteiger partial charge on any atom is -0.475 e. The predicted molar refractivity (Wildman–Crippen MR) is 139 cm³/mol. The highest BCUT2D eigenvalue weighted by Crippen LogP contribution is 2.33. The van der Waals surface area contributed by atoms with Crippen LogP contribution in [0, 0.1) is 17.0 Å². The maximum atomic E-state index is 15.2. The standard InChI is InChI=1S/C25H24F2N6.C2HF3O2/c1-3-16-8-7-11-19(12-16)33(23-20(26)13-18(24(28)29)14-21(23)27)15-22-30-25(31-32(22)2)17-9-5-4-6-10-17;3-2(4,5)1(6)7/h4-14H,3,15H2,1-2H3,(H3,28,29);(H,6,7). The van der Waals surface area contributed by atoms with Crippen molar-refractivity contribution in [1.29, 1.82) is 5.41 Å². The minimum absolute atomic E-state index is 0.0129. The summed E-state index contributed by atoms with van der Waals surface area (Å²) in [6, 6.07) is 19.2. The molecule has 0 saturated heterocycles. The summed E-state index contributed by atoms with van der Waals surface area (Å²) in [4.78, 5) is 15.1. The molecule has 1 heterocycles. The van der Waals surface area contributed by atoms with Crippen LogP contribution in [-0.2, 0) is 24.8 Å². The molecule has 1 aromatic heterocycles. The number of hydrogen-bond acceptors (Lipinski definition) is 5. The first-order valence-electron chi connectivity index (χ1n) is 11.8.